The monoisotopic (exact) mass is 257 g/mol. The van der Waals surface area contributed by atoms with E-state index in [1.54, 1.807) is 0 Å². The van der Waals surface area contributed by atoms with E-state index in [2.05, 4.69) is 34.1 Å². The van der Waals surface area contributed by atoms with Crippen molar-refractivity contribution in [3.05, 3.63) is 24.4 Å². The highest BCUT2D eigenvalue weighted by Gasteiger charge is 2.21. The van der Waals surface area contributed by atoms with E-state index in [0.717, 1.165) is 44.6 Å². The van der Waals surface area contributed by atoms with E-state index >= 15 is 0 Å². The molecule has 102 valence electrons. The van der Waals surface area contributed by atoms with Gasteiger partial charge < -0.3 is 10.2 Å². The maximum absolute atomic E-state index is 5.56. The Balaban J connectivity index is 1.81. The molecule has 2 rings (SSSR count). The normalized spacial score (nSPS) is 18.0. The number of anilines is 1. The van der Waals surface area contributed by atoms with Crippen molar-refractivity contribution in [1.29, 1.82) is 0 Å². The fourth-order valence-corrected chi connectivity index (χ4v) is 2.60. The first-order valence-corrected chi connectivity index (χ1v) is 7.21. The molecule has 0 radical (unpaired) electrons. The summed E-state index contributed by atoms with van der Waals surface area (Å²) in [6.07, 6.45) is 11.9. The van der Waals surface area contributed by atoms with Crippen molar-refractivity contribution in [3.63, 3.8) is 0 Å². The summed E-state index contributed by atoms with van der Waals surface area (Å²) in [7, 11) is 0. The van der Waals surface area contributed by atoms with Crippen LogP contribution in [0.1, 0.15) is 32.6 Å². The Morgan fingerprint density at radius 2 is 2.26 bits per heavy atom. The first kappa shape index (κ1) is 13.9. The van der Waals surface area contributed by atoms with Gasteiger partial charge in [-0.1, -0.05) is 25.3 Å². The molecule has 1 aliphatic rings. The molecular weight excluding hydrogens is 234 g/mol. The first-order valence-electron chi connectivity index (χ1n) is 7.21. The molecule has 0 aliphatic carbocycles. The molecule has 1 atom stereocenters. The number of piperidine rings is 1. The van der Waals surface area contributed by atoms with Gasteiger partial charge in [0.25, 0.3) is 0 Å². The molecule has 3 nitrogen and oxygen atoms in total. The van der Waals surface area contributed by atoms with E-state index in [0.29, 0.717) is 6.04 Å². The lowest BCUT2D eigenvalue weighted by molar-refractivity contribution is 0.385. The van der Waals surface area contributed by atoms with Gasteiger partial charge in [0.05, 0.1) is 6.04 Å². The zero-order valence-corrected chi connectivity index (χ0v) is 11.7. The van der Waals surface area contributed by atoms with Crippen molar-refractivity contribution in [1.82, 2.24) is 10.3 Å². The average molecular weight is 257 g/mol. The predicted molar refractivity (Wildman–Crippen MR) is 80.1 cm³/mol. The number of nitrogens with zero attached hydrogens (tertiary/aromatic N) is 2. The third-order valence-corrected chi connectivity index (χ3v) is 3.68. The summed E-state index contributed by atoms with van der Waals surface area (Å²) in [5, 5.41) is 3.60. The maximum atomic E-state index is 5.56. The molecule has 0 aromatic carbocycles. The van der Waals surface area contributed by atoms with Crippen molar-refractivity contribution >= 4 is 5.82 Å². The van der Waals surface area contributed by atoms with E-state index in [9.17, 15) is 0 Å². The second-order valence-corrected chi connectivity index (χ2v) is 5.12. The second kappa shape index (κ2) is 7.16. The van der Waals surface area contributed by atoms with Crippen LogP contribution in [0.3, 0.4) is 0 Å². The molecule has 19 heavy (non-hydrogen) atoms. The highest BCUT2D eigenvalue weighted by atomic mass is 15.2. The Bertz CT molecular complexity index is 402. The van der Waals surface area contributed by atoms with E-state index in [4.69, 9.17) is 6.42 Å². The standard InChI is InChI=1S/C16H23N3/c1-3-7-14(4-2)18-15-9-12-19(13-10-15)16-8-5-6-11-17-16/h2,5-6,8,11,14-15,18H,3,7,9-10,12-13H2,1H3. The van der Waals surface area contributed by atoms with Gasteiger partial charge in [-0.2, -0.15) is 0 Å². The van der Waals surface area contributed by atoms with Gasteiger partial charge in [-0.15, -0.1) is 6.42 Å². The Morgan fingerprint density at radius 1 is 1.47 bits per heavy atom. The molecule has 0 amide bonds. The molecule has 0 spiro atoms. The van der Waals surface area contributed by atoms with Gasteiger partial charge >= 0.3 is 0 Å². The molecule has 1 aromatic rings. The third-order valence-electron chi connectivity index (χ3n) is 3.68. The van der Waals surface area contributed by atoms with Crippen molar-refractivity contribution < 1.29 is 0 Å². The smallest absolute Gasteiger partial charge is 0.128 e. The summed E-state index contributed by atoms with van der Waals surface area (Å²) >= 11 is 0. The number of hydrogen-bond acceptors (Lipinski definition) is 3. The summed E-state index contributed by atoms with van der Waals surface area (Å²) in [6, 6.07) is 6.86. The molecule has 3 heteroatoms. The minimum absolute atomic E-state index is 0.233. The minimum atomic E-state index is 0.233. The summed E-state index contributed by atoms with van der Waals surface area (Å²) in [5.41, 5.74) is 0. The lowest BCUT2D eigenvalue weighted by Gasteiger charge is -2.34. The molecule has 2 heterocycles. The Hall–Kier alpha value is -1.53. The Morgan fingerprint density at radius 3 is 2.84 bits per heavy atom. The van der Waals surface area contributed by atoms with Crippen LogP contribution in [0.5, 0.6) is 0 Å². The van der Waals surface area contributed by atoms with Gasteiger partial charge in [0, 0.05) is 25.3 Å². The van der Waals surface area contributed by atoms with Gasteiger partial charge in [0.1, 0.15) is 5.82 Å². The van der Waals surface area contributed by atoms with Gasteiger partial charge in [0.15, 0.2) is 0 Å². The van der Waals surface area contributed by atoms with Crippen molar-refractivity contribution in [3.8, 4) is 12.3 Å². The van der Waals surface area contributed by atoms with Crippen LogP contribution in [-0.2, 0) is 0 Å². The van der Waals surface area contributed by atoms with Crippen LogP contribution in [-0.4, -0.2) is 30.2 Å². The topological polar surface area (TPSA) is 28.2 Å². The lowest BCUT2D eigenvalue weighted by atomic mass is 10.0. The molecule has 1 saturated heterocycles. The van der Waals surface area contributed by atoms with Crippen molar-refractivity contribution in [2.75, 3.05) is 18.0 Å². The number of terminal acetylenes is 1. The van der Waals surface area contributed by atoms with Crippen LogP contribution >= 0.6 is 0 Å². The summed E-state index contributed by atoms with van der Waals surface area (Å²) in [4.78, 5) is 6.76. The molecular formula is C16H23N3. The first-order chi connectivity index (χ1) is 9.33. The summed E-state index contributed by atoms with van der Waals surface area (Å²) in [6.45, 7) is 4.28. The largest absolute Gasteiger partial charge is 0.357 e. The SMILES string of the molecule is C#CC(CCC)NC1CCN(c2ccccn2)CC1. The molecule has 1 fully saturated rings. The van der Waals surface area contributed by atoms with Crippen LogP contribution < -0.4 is 10.2 Å². The van der Waals surface area contributed by atoms with Gasteiger partial charge in [-0.25, -0.2) is 4.98 Å². The number of hydrogen-bond donors (Lipinski definition) is 1. The van der Waals surface area contributed by atoms with E-state index < -0.39 is 0 Å². The van der Waals surface area contributed by atoms with Crippen LogP contribution in [0.2, 0.25) is 0 Å². The number of nitrogens with one attached hydrogen (secondary N) is 1. The van der Waals surface area contributed by atoms with E-state index in [1.807, 2.05) is 18.3 Å². The zero-order valence-electron chi connectivity index (χ0n) is 11.7. The average Bonchev–Trinajstić information content (AvgIpc) is 2.48. The predicted octanol–water partition coefficient (Wildman–Crippen LogP) is 2.44. The van der Waals surface area contributed by atoms with Crippen LogP contribution in [0, 0.1) is 12.3 Å². The fourth-order valence-electron chi connectivity index (χ4n) is 2.60. The number of aromatic nitrogens is 1. The van der Waals surface area contributed by atoms with Crippen LogP contribution in [0.15, 0.2) is 24.4 Å². The highest BCUT2D eigenvalue weighted by Crippen LogP contribution is 2.17. The van der Waals surface area contributed by atoms with Gasteiger partial charge in [-0.05, 0) is 31.4 Å². The van der Waals surface area contributed by atoms with E-state index in [-0.39, 0.29) is 6.04 Å². The number of pyridine rings is 1. The fraction of sp³-hybridized carbons (Fsp3) is 0.562. The van der Waals surface area contributed by atoms with Crippen molar-refractivity contribution in [2.24, 2.45) is 0 Å². The molecule has 1 N–H and O–H groups in total. The molecule has 1 unspecified atom stereocenters. The molecule has 1 aliphatic heterocycles. The number of rotatable bonds is 5. The van der Waals surface area contributed by atoms with E-state index in [1.165, 1.54) is 0 Å². The zero-order chi connectivity index (χ0) is 13.5. The molecule has 0 saturated carbocycles. The highest BCUT2D eigenvalue weighted by molar-refractivity contribution is 5.38. The molecule has 0 bridgehead atoms. The van der Waals surface area contributed by atoms with Crippen LogP contribution in [0.4, 0.5) is 5.82 Å². The summed E-state index contributed by atoms with van der Waals surface area (Å²) < 4.78 is 0. The Kier molecular flexibility index (Phi) is 5.23. The lowest BCUT2D eigenvalue weighted by Crippen LogP contribution is -2.46. The summed E-state index contributed by atoms with van der Waals surface area (Å²) in [5.74, 6) is 3.94. The Labute approximate surface area is 116 Å². The molecule has 1 aromatic heterocycles. The van der Waals surface area contributed by atoms with Gasteiger partial charge in [0.2, 0.25) is 0 Å². The second-order valence-electron chi connectivity index (χ2n) is 5.12. The van der Waals surface area contributed by atoms with Gasteiger partial charge in [-0.3, -0.25) is 0 Å². The minimum Gasteiger partial charge on any atom is -0.357 e. The third kappa shape index (κ3) is 3.97. The maximum Gasteiger partial charge on any atom is 0.128 e. The van der Waals surface area contributed by atoms with Crippen LogP contribution in [0.25, 0.3) is 0 Å². The quantitative estimate of drug-likeness (QED) is 0.821. The van der Waals surface area contributed by atoms with Crippen molar-refractivity contribution in [2.45, 2.75) is 44.7 Å².